The molecule has 7 nitrogen and oxygen atoms in total. The maximum Gasteiger partial charge on any atom is 0.253 e. The molecule has 168 valence electrons. The lowest BCUT2D eigenvalue weighted by molar-refractivity contribution is 0.0767. The molecule has 2 aromatic carbocycles. The highest BCUT2D eigenvalue weighted by Gasteiger charge is 2.22. The molecule has 1 aliphatic heterocycles. The largest absolute Gasteiger partial charge is 0.497 e. The van der Waals surface area contributed by atoms with Crippen LogP contribution in [-0.4, -0.2) is 58.6 Å². The van der Waals surface area contributed by atoms with E-state index in [4.69, 9.17) is 4.74 Å². The summed E-state index contributed by atoms with van der Waals surface area (Å²) >= 11 is 0. The Bertz CT molecular complexity index is 975. The van der Waals surface area contributed by atoms with Crippen LogP contribution in [0, 0.1) is 0 Å². The predicted molar refractivity (Wildman–Crippen MR) is 122 cm³/mol. The highest BCUT2D eigenvalue weighted by Crippen LogP contribution is 2.21. The van der Waals surface area contributed by atoms with Crippen molar-refractivity contribution in [2.45, 2.75) is 37.6 Å². The lowest BCUT2D eigenvalue weighted by Crippen LogP contribution is -2.35. The molecular weight excluding hydrogens is 414 g/mol. The number of amides is 1. The molecule has 0 bridgehead atoms. The van der Waals surface area contributed by atoms with Crippen LogP contribution in [0.4, 0.5) is 5.69 Å². The van der Waals surface area contributed by atoms with Gasteiger partial charge in [-0.15, -0.1) is 0 Å². The molecule has 1 unspecified atom stereocenters. The lowest BCUT2D eigenvalue weighted by atomic mass is 10.2. The van der Waals surface area contributed by atoms with E-state index in [9.17, 15) is 13.2 Å². The third-order valence-corrected chi connectivity index (χ3v) is 7.21. The molecule has 8 heteroatoms. The Labute approximate surface area is 185 Å². The van der Waals surface area contributed by atoms with Gasteiger partial charge in [-0.1, -0.05) is 6.92 Å². The normalized spacial score (nSPS) is 16.0. The Kier molecular flexibility index (Phi) is 7.56. The minimum Gasteiger partial charge on any atom is -0.497 e. The maximum atomic E-state index is 13.0. The second-order valence-electron chi connectivity index (χ2n) is 7.79. The minimum absolute atomic E-state index is 0.0737. The van der Waals surface area contributed by atoms with E-state index < -0.39 is 10.0 Å². The number of anilines is 1. The van der Waals surface area contributed by atoms with Crippen LogP contribution in [0.2, 0.25) is 0 Å². The topological polar surface area (TPSA) is 79.0 Å². The van der Waals surface area contributed by atoms with Crippen molar-refractivity contribution in [1.82, 2.24) is 9.62 Å². The van der Waals surface area contributed by atoms with Crippen molar-refractivity contribution < 1.29 is 17.9 Å². The Morgan fingerprint density at radius 3 is 2.32 bits per heavy atom. The maximum absolute atomic E-state index is 13.0. The van der Waals surface area contributed by atoms with Crippen LogP contribution in [0.25, 0.3) is 0 Å². The summed E-state index contributed by atoms with van der Waals surface area (Å²) in [6.45, 7) is 6.63. The molecule has 2 aromatic rings. The number of hydrogen-bond acceptors (Lipinski definition) is 5. The smallest absolute Gasteiger partial charge is 0.253 e. The number of benzene rings is 2. The van der Waals surface area contributed by atoms with Crippen molar-refractivity contribution in [3.63, 3.8) is 0 Å². The highest BCUT2D eigenvalue weighted by molar-refractivity contribution is 7.89. The predicted octanol–water partition coefficient (Wildman–Crippen LogP) is 3.12. The molecule has 0 spiro atoms. The van der Waals surface area contributed by atoms with Crippen molar-refractivity contribution in [2.24, 2.45) is 0 Å². The first-order chi connectivity index (χ1) is 14.8. The van der Waals surface area contributed by atoms with Crippen molar-refractivity contribution in [3.8, 4) is 5.75 Å². The molecule has 31 heavy (non-hydrogen) atoms. The minimum atomic E-state index is -3.58. The van der Waals surface area contributed by atoms with Crippen LogP contribution in [0.1, 0.15) is 37.0 Å². The number of carbonyl (C=O) groups excluding carboxylic acids is 1. The van der Waals surface area contributed by atoms with E-state index in [0.29, 0.717) is 25.1 Å². The highest BCUT2D eigenvalue weighted by atomic mass is 32.2. The zero-order valence-corrected chi connectivity index (χ0v) is 19.2. The zero-order valence-electron chi connectivity index (χ0n) is 18.4. The quantitative estimate of drug-likeness (QED) is 0.708. The summed E-state index contributed by atoms with van der Waals surface area (Å²) in [4.78, 5) is 17.3. The van der Waals surface area contributed by atoms with Gasteiger partial charge in [0.15, 0.2) is 0 Å². The molecule has 0 aliphatic carbocycles. The monoisotopic (exact) mass is 445 g/mol. The Hall–Kier alpha value is -2.58. The van der Waals surface area contributed by atoms with Crippen molar-refractivity contribution in [1.29, 1.82) is 0 Å². The molecule has 0 aromatic heterocycles. The third-order valence-electron chi connectivity index (χ3n) is 5.60. The Morgan fingerprint density at radius 2 is 1.71 bits per heavy atom. The van der Waals surface area contributed by atoms with Gasteiger partial charge >= 0.3 is 0 Å². The van der Waals surface area contributed by atoms with Gasteiger partial charge in [-0.3, -0.25) is 4.79 Å². The fourth-order valence-electron chi connectivity index (χ4n) is 3.55. The van der Waals surface area contributed by atoms with Crippen LogP contribution in [0.3, 0.4) is 0 Å². The summed E-state index contributed by atoms with van der Waals surface area (Å²) in [5, 5.41) is 0. The van der Waals surface area contributed by atoms with Gasteiger partial charge < -0.3 is 14.5 Å². The molecule has 1 amide bonds. The van der Waals surface area contributed by atoms with Crippen molar-refractivity contribution in [2.75, 3.05) is 38.2 Å². The Morgan fingerprint density at radius 1 is 1.03 bits per heavy atom. The summed E-state index contributed by atoms with van der Waals surface area (Å²) in [5.41, 5.74) is 1.61. The van der Waals surface area contributed by atoms with Gasteiger partial charge in [0.2, 0.25) is 10.0 Å². The van der Waals surface area contributed by atoms with E-state index in [-0.39, 0.29) is 16.8 Å². The van der Waals surface area contributed by atoms with Crippen molar-refractivity contribution in [3.05, 3.63) is 54.1 Å². The lowest BCUT2D eigenvalue weighted by Gasteiger charge is -2.24. The average molecular weight is 446 g/mol. The first kappa shape index (κ1) is 23.1. The summed E-state index contributed by atoms with van der Waals surface area (Å²) in [7, 11) is -1.93. The molecule has 1 fully saturated rings. The van der Waals surface area contributed by atoms with Gasteiger partial charge in [0.25, 0.3) is 5.91 Å². The third kappa shape index (κ3) is 5.77. The number of carbonyl (C=O) groups is 1. The molecule has 1 N–H and O–H groups in total. The second kappa shape index (κ2) is 10.2. The number of hydrogen-bond donors (Lipinski definition) is 1. The number of rotatable bonds is 7. The SMILES string of the molecule is CCC(C)NS(=O)(=O)c1ccc(C(=O)N2CCCN(c3ccc(OC)cc3)CC2)cc1. The number of nitrogens with one attached hydrogen (secondary N) is 1. The molecule has 3 rings (SSSR count). The van der Waals surface area contributed by atoms with E-state index in [1.165, 1.54) is 12.1 Å². The van der Waals surface area contributed by atoms with Crippen LogP contribution < -0.4 is 14.4 Å². The molecule has 1 aliphatic rings. The van der Waals surface area contributed by atoms with Crippen LogP contribution in [-0.2, 0) is 10.0 Å². The Balaban J connectivity index is 1.64. The van der Waals surface area contributed by atoms with E-state index in [1.807, 2.05) is 43.0 Å². The molecule has 1 saturated heterocycles. The first-order valence-corrected chi connectivity index (χ1v) is 12.1. The molecule has 1 atom stereocenters. The van der Waals surface area contributed by atoms with Gasteiger partial charge in [0.1, 0.15) is 5.75 Å². The fraction of sp³-hybridized carbons (Fsp3) is 0.435. The average Bonchev–Trinajstić information content (AvgIpc) is 3.04. The van der Waals surface area contributed by atoms with Crippen molar-refractivity contribution >= 4 is 21.6 Å². The van der Waals surface area contributed by atoms with E-state index in [1.54, 1.807) is 19.2 Å². The van der Waals surface area contributed by atoms with Gasteiger partial charge in [0, 0.05) is 43.5 Å². The van der Waals surface area contributed by atoms with Gasteiger partial charge in [-0.2, -0.15) is 0 Å². The first-order valence-electron chi connectivity index (χ1n) is 10.6. The molecular formula is C23H31N3O4S. The van der Waals surface area contributed by atoms with E-state index in [2.05, 4.69) is 9.62 Å². The van der Waals surface area contributed by atoms with Crippen LogP contribution >= 0.6 is 0 Å². The number of methoxy groups -OCH3 is 1. The molecule has 0 saturated carbocycles. The van der Waals surface area contributed by atoms with Gasteiger partial charge in [-0.05, 0) is 68.3 Å². The standard InChI is InChI=1S/C23H31N3O4S/c1-4-18(2)24-31(28,29)22-12-6-19(7-13-22)23(27)26-15-5-14-25(16-17-26)20-8-10-21(30-3)11-9-20/h6-13,18,24H,4-5,14-17H2,1-3H3. The summed E-state index contributed by atoms with van der Waals surface area (Å²) in [6.07, 6.45) is 1.57. The number of nitrogens with zero attached hydrogens (tertiary/aromatic N) is 2. The van der Waals surface area contributed by atoms with E-state index >= 15 is 0 Å². The van der Waals surface area contributed by atoms with Crippen LogP contribution in [0.5, 0.6) is 5.75 Å². The summed E-state index contributed by atoms with van der Waals surface area (Å²) < 4.78 is 32.7. The second-order valence-corrected chi connectivity index (χ2v) is 9.50. The number of sulfonamides is 1. The molecule has 1 heterocycles. The number of ether oxygens (including phenoxy) is 1. The van der Waals surface area contributed by atoms with E-state index in [0.717, 1.165) is 30.9 Å². The fourth-order valence-corrected chi connectivity index (χ4v) is 4.87. The van der Waals surface area contributed by atoms with Crippen LogP contribution in [0.15, 0.2) is 53.4 Å². The molecule has 0 radical (unpaired) electrons. The van der Waals surface area contributed by atoms with Gasteiger partial charge in [0.05, 0.1) is 12.0 Å². The van der Waals surface area contributed by atoms with Gasteiger partial charge in [-0.25, -0.2) is 13.1 Å². The summed E-state index contributed by atoms with van der Waals surface area (Å²) in [6, 6.07) is 14.0. The summed E-state index contributed by atoms with van der Waals surface area (Å²) in [5.74, 6) is 0.746. The zero-order chi connectivity index (χ0) is 22.4.